The van der Waals surface area contributed by atoms with E-state index in [0.29, 0.717) is 0 Å². The van der Waals surface area contributed by atoms with Gasteiger partial charge in [-0.15, -0.1) is 0 Å². The summed E-state index contributed by atoms with van der Waals surface area (Å²) < 4.78 is 14.4. The highest BCUT2D eigenvalue weighted by molar-refractivity contribution is 7.71. The van der Waals surface area contributed by atoms with Crippen molar-refractivity contribution in [3.05, 3.63) is 38.9 Å². The molecule has 2 aromatic rings. The Morgan fingerprint density at radius 1 is 1.56 bits per heavy atom. The molecule has 1 aromatic heterocycles. The van der Waals surface area contributed by atoms with Gasteiger partial charge in [-0.1, -0.05) is 0 Å². The van der Waals surface area contributed by atoms with Gasteiger partial charge in [0.15, 0.2) is 0 Å². The fourth-order valence-corrected chi connectivity index (χ4v) is 1.31. The van der Waals surface area contributed by atoms with Crippen molar-refractivity contribution in [1.82, 2.24) is 20.2 Å². The van der Waals surface area contributed by atoms with E-state index in [9.17, 15) is 14.5 Å². The summed E-state index contributed by atoms with van der Waals surface area (Å²) in [5.41, 5.74) is -0.366. The van der Waals surface area contributed by atoms with Gasteiger partial charge in [0, 0.05) is 12.1 Å². The second-order valence-corrected chi connectivity index (χ2v) is 3.20. The Labute approximate surface area is 92.6 Å². The van der Waals surface area contributed by atoms with E-state index >= 15 is 0 Å². The van der Waals surface area contributed by atoms with Crippen molar-refractivity contribution in [3.8, 4) is 5.69 Å². The van der Waals surface area contributed by atoms with Gasteiger partial charge >= 0.3 is 0 Å². The third-order valence-corrected chi connectivity index (χ3v) is 2.11. The highest BCUT2D eigenvalue weighted by Gasteiger charge is 2.13. The van der Waals surface area contributed by atoms with Gasteiger partial charge in [-0.3, -0.25) is 10.1 Å². The molecule has 1 N–H and O–H groups in total. The summed E-state index contributed by atoms with van der Waals surface area (Å²) in [6, 6.07) is 3.07. The third kappa shape index (κ3) is 1.67. The molecule has 0 aliphatic carbocycles. The smallest absolute Gasteiger partial charge is 0.258 e. The summed E-state index contributed by atoms with van der Waals surface area (Å²) in [6.45, 7) is 0. The molecule has 1 aromatic carbocycles. The van der Waals surface area contributed by atoms with Crippen LogP contribution in [0.25, 0.3) is 5.69 Å². The minimum Gasteiger partial charge on any atom is -0.258 e. The van der Waals surface area contributed by atoms with Gasteiger partial charge in [0.1, 0.15) is 11.5 Å². The highest BCUT2D eigenvalue weighted by Crippen LogP contribution is 2.19. The van der Waals surface area contributed by atoms with E-state index in [1.54, 1.807) is 0 Å². The van der Waals surface area contributed by atoms with Crippen LogP contribution in [-0.4, -0.2) is 25.1 Å². The Hall–Kier alpha value is -2.16. The lowest BCUT2D eigenvalue weighted by atomic mass is 10.2. The first-order valence-electron chi connectivity index (χ1n) is 4.04. The Kier molecular flexibility index (Phi) is 2.44. The second kappa shape index (κ2) is 3.77. The lowest BCUT2D eigenvalue weighted by molar-refractivity contribution is -0.384. The Morgan fingerprint density at radius 3 is 2.88 bits per heavy atom. The zero-order valence-electron chi connectivity index (χ0n) is 7.62. The first-order chi connectivity index (χ1) is 7.59. The number of nitrogens with one attached hydrogen (secondary N) is 1. The summed E-state index contributed by atoms with van der Waals surface area (Å²) in [5, 5.41) is 19.7. The van der Waals surface area contributed by atoms with Crippen LogP contribution in [0.3, 0.4) is 0 Å². The van der Waals surface area contributed by atoms with Crippen molar-refractivity contribution < 1.29 is 9.31 Å². The number of halogens is 1. The van der Waals surface area contributed by atoms with Crippen LogP contribution in [0, 0.1) is 20.7 Å². The second-order valence-electron chi connectivity index (χ2n) is 2.81. The summed E-state index contributed by atoms with van der Waals surface area (Å²) >= 11 is 4.78. The average molecular weight is 241 g/mol. The van der Waals surface area contributed by atoms with Gasteiger partial charge in [-0.05, 0) is 28.7 Å². The number of nitro groups is 1. The van der Waals surface area contributed by atoms with E-state index in [4.69, 9.17) is 12.2 Å². The van der Waals surface area contributed by atoms with Gasteiger partial charge in [-0.2, -0.15) is 4.68 Å². The lowest BCUT2D eigenvalue weighted by Crippen LogP contribution is -2.01. The summed E-state index contributed by atoms with van der Waals surface area (Å²) in [4.78, 5) is 9.89. The maximum absolute atomic E-state index is 13.4. The zero-order chi connectivity index (χ0) is 11.7. The van der Waals surface area contributed by atoms with Gasteiger partial charge in [0.2, 0.25) is 4.77 Å². The molecule has 0 atom stereocenters. The van der Waals surface area contributed by atoms with E-state index in [-0.39, 0.29) is 16.1 Å². The van der Waals surface area contributed by atoms with Crippen molar-refractivity contribution in [2.24, 2.45) is 0 Å². The molecule has 0 aliphatic rings. The van der Waals surface area contributed by atoms with E-state index in [2.05, 4.69) is 15.5 Å². The number of non-ortho nitro benzene ring substituents is 1. The number of rotatable bonds is 2. The van der Waals surface area contributed by atoms with Crippen molar-refractivity contribution in [2.45, 2.75) is 0 Å². The van der Waals surface area contributed by atoms with Crippen LogP contribution >= 0.6 is 12.2 Å². The van der Waals surface area contributed by atoms with Gasteiger partial charge in [-0.25, -0.2) is 9.49 Å². The molecule has 0 fully saturated rings. The molecule has 0 radical (unpaired) electrons. The molecule has 0 spiro atoms. The zero-order valence-corrected chi connectivity index (χ0v) is 8.44. The number of hydrogen-bond acceptors (Lipinski definition) is 5. The molecule has 0 amide bonds. The minimum absolute atomic E-state index is 0.0550. The van der Waals surface area contributed by atoms with Gasteiger partial charge in [0.05, 0.1) is 4.92 Å². The van der Waals surface area contributed by atoms with E-state index in [0.717, 1.165) is 22.9 Å². The number of tetrazole rings is 1. The maximum atomic E-state index is 13.4. The lowest BCUT2D eigenvalue weighted by Gasteiger charge is -2.00. The molecule has 0 bridgehead atoms. The number of nitrogens with zero attached hydrogens (tertiary/aromatic N) is 4. The molecule has 0 aliphatic heterocycles. The van der Waals surface area contributed by atoms with E-state index in [1.807, 2.05) is 0 Å². The first kappa shape index (κ1) is 10.4. The standard InChI is InChI=1S/C7H4FN5O2S/c8-5-2-1-4(13(14)15)3-6(5)12-7(16)9-10-11-12/h1-3H,(H,9,11,16). The number of H-pyrrole nitrogens is 1. The largest absolute Gasteiger partial charge is 0.271 e. The number of benzene rings is 1. The molecule has 1 heterocycles. The predicted octanol–water partition coefficient (Wildman–Crippen LogP) is 1.37. The van der Waals surface area contributed by atoms with Crippen LogP contribution in [-0.2, 0) is 0 Å². The van der Waals surface area contributed by atoms with Crippen LogP contribution in [0.15, 0.2) is 18.2 Å². The number of nitro benzene ring substituents is 1. The molecule has 2 rings (SSSR count). The van der Waals surface area contributed by atoms with Gasteiger partial charge < -0.3 is 0 Å². The van der Waals surface area contributed by atoms with Crippen molar-refractivity contribution in [1.29, 1.82) is 0 Å². The molecule has 16 heavy (non-hydrogen) atoms. The molecular formula is C7H4FN5O2S. The van der Waals surface area contributed by atoms with Crippen molar-refractivity contribution >= 4 is 17.9 Å². The summed E-state index contributed by atoms with van der Waals surface area (Å²) in [7, 11) is 0. The van der Waals surface area contributed by atoms with Crippen molar-refractivity contribution in [3.63, 3.8) is 0 Å². The maximum Gasteiger partial charge on any atom is 0.271 e. The molecule has 82 valence electrons. The SMILES string of the molecule is O=[N+]([O-])c1ccc(F)c(-n2nn[nH]c2=S)c1. The Bertz CT molecular complexity index is 607. The summed E-state index contributed by atoms with van der Waals surface area (Å²) in [6.07, 6.45) is 0. The highest BCUT2D eigenvalue weighted by atomic mass is 32.1. The molecule has 9 heteroatoms. The fraction of sp³-hybridized carbons (Fsp3) is 0. The fourth-order valence-electron chi connectivity index (χ4n) is 1.13. The van der Waals surface area contributed by atoms with Crippen LogP contribution < -0.4 is 0 Å². The number of aromatic nitrogens is 4. The molecule has 0 saturated heterocycles. The molecule has 0 unspecified atom stereocenters. The predicted molar refractivity (Wildman–Crippen MR) is 53.2 cm³/mol. The third-order valence-electron chi connectivity index (χ3n) is 1.84. The molecule has 7 nitrogen and oxygen atoms in total. The summed E-state index contributed by atoms with van der Waals surface area (Å²) in [5.74, 6) is -0.671. The Morgan fingerprint density at radius 2 is 2.31 bits per heavy atom. The van der Waals surface area contributed by atoms with Crippen LogP contribution in [0.2, 0.25) is 0 Å². The number of hydrogen-bond donors (Lipinski definition) is 1. The van der Waals surface area contributed by atoms with E-state index in [1.165, 1.54) is 0 Å². The molecular weight excluding hydrogens is 237 g/mol. The normalized spacial score (nSPS) is 10.3. The minimum atomic E-state index is -0.671. The van der Waals surface area contributed by atoms with Crippen LogP contribution in [0.1, 0.15) is 0 Å². The van der Waals surface area contributed by atoms with Crippen LogP contribution in [0.5, 0.6) is 0 Å². The molecule has 0 saturated carbocycles. The average Bonchev–Trinajstić information content (AvgIpc) is 2.65. The Balaban J connectivity index is 2.65. The number of aromatic amines is 1. The van der Waals surface area contributed by atoms with E-state index < -0.39 is 10.7 Å². The topological polar surface area (TPSA) is 89.6 Å². The monoisotopic (exact) mass is 241 g/mol. The van der Waals surface area contributed by atoms with Gasteiger partial charge in [0.25, 0.3) is 5.69 Å². The van der Waals surface area contributed by atoms with Crippen molar-refractivity contribution in [2.75, 3.05) is 0 Å². The quantitative estimate of drug-likeness (QED) is 0.487. The van der Waals surface area contributed by atoms with Crippen LogP contribution in [0.4, 0.5) is 10.1 Å². The first-order valence-corrected chi connectivity index (χ1v) is 4.45.